The van der Waals surface area contributed by atoms with Gasteiger partial charge in [0.2, 0.25) is 0 Å². The monoisotopic (exact) mass is 378 g/mol. The van der Waals surface area contributed by atoms with Gasteiger partial charge in [-0.2, -0.15) is 4.31 Å². The zero-order chi connectivity index (χ0) is 19.3. The molecule has 0 fully saturated rings. The molecule has 2 aromatic rings. The maximum atomic E-state index is 13.1. The zero-order valence-electron chi connectivity index (χ0n) is 14.2. The summed E-state index contributed by atoms with van der Waals surface area (Å²) in [6.45, 7) is 1.24. The van der Waals surface area contributed by atoms with Crippen molar-refractivity contribution in [2.75, 3.05) is 7.11 Å². The van der Waals surface area contributed by atoms with E-state index >= 15 is 0 Å². The molecule has 26 heavy (non-hydrogen) atoms. The number of nitrogens with zero attached hydrogens (tertiary/aromatic N) is 2. The standard InChI is InChI=1S/C17H18N2O6S/c1-13(17(20)25-2)18(12-14-8-4-3-5-9-14)26(23,24)16-11-7-6-10-15(16)19(21)22/h3-11,13H,12H2,1-2H3/t13-/m0/s1. The number of carbonyl (C=O) groups excluding carboxylic acids is 1. The largest absolute Gasteiger partial charge is 0.468 e. The quantitative estimate of drug-likeness (QED) is 0.416. The summed E-state index contributed by atoms with van der Waals surface area (Å²) in [5, 5.41) is 11.2. The Morgan fingerprint density at radius 2 is 1.73 bits per heavy atom. The summed E-state index contributed by atoms with van der Waals surface area (Å²) in [4.78, 5) is 22.0. The normalized spacial score (nSPS) is 12.6. The van der Waals surface area contributed by atoms with Crippen LogP contribution in [0.15, 0.2) is 59.5 Å². The number of hydrogen-bond acceptors (Lipinski definition) is 6. The predicted octanol–water partition coefficient (Wildman–Crippen LogP) is 2.35. The molecule has 2 rings (SSSR count). The van der Waals surface area contributed by atoms with Crippen LogP contribution >= 0.6 is 0 Å². The van der Waals surface area contributed by atoms with Gasteiger partial charge in [0.1, 0.15) is 6.04 Å². The number of hydrogen-bond donors (Lipinski definition) is 0. The molecule has 0 N–H and O–H groups in total. The summed E-state index contributed by atoms with van der Waals surface area (Å²) in [6, 6.07) is 12.5. The Morgan fingerprint density at radius 1 is 1.15 bits per heavy atom. The first-order chi connectivity index (χ1) is 12.3. The Labute approximate surface area is 151 Å². The maximum absolute atomic E-state index is 13.1. The van der Waals surface area contributed by atoms with Crippen LogP contribution in [0.4, 0.5) is 5.69 Å². The third-order valence-electron chi connectivity index (χ3n) is 3.80. The van der Waals surface area contributed by atoms with Crippen molar-refractivity contribution in [1.29, 1.82) is 0 Å². The molecule has 1 atom stereocenters. The third-order valence-corrected chi connectivity index (χ3v) is 5.77. The molecule has 0 spiro atoms. The predicted molar refractivity (Wildman–Crippen MR) is 93.7 cm³/mol. The van der Waals surface area contributed by atoms with Crippen molar-refractivity contribution >= 4 is 21.7 Å². The Hall–Kier alpha value is -2.78. The second-order valence-corrected chi connectivity index (χ2v) is 7.32. The fourth-order valence-corrected chi connectivity index (χ4v) is 4.17. The number of ether oxygens (including phenoxy) is 1. The van der Waals surface area contributed by atoms with Crippen molar-refractivity contribution in [1.82, 2.24) is 4.31 Å². The molecular weight excluding hydrogens is 360 g/mol. The lowest BCUT2D eigenvalue weighted by Crippen LogP contribution is -2.43. The third kappa shape index (κ3) is 4.06. The average molecular weight is 378 g/mol. The Bertz CT molecular complexity index is 898. The highest BCUT2D eigenvalue weighted by Gasteiger charge is 2.37. The molecule has 0 heterocycles. The highest BCUT2D eigenvalue weighted by molar-refractivity contribution is 7.89. The van der Waals surface area contributed by atoms with Gasteiger partial charge in [-0.05, 0) is 18.6 Å². The summed E-state index contributed by atoms with van der Waals surface area (Å²) in [6.07, 6.45) is 0. The van der Waals surface area contributed by atoms with Gasteiger partial charge < -0.3 is 4.74 Å². The minimum absolute atomic E-state index is 0.133. The van der Waals surface area contributed by atoms with Crippen molar-refractivity contribution < 1.29 is 22.9 Å². The van der Waals surface area contributed by atoms with Crippen LogP contribution in [0.5, 0.6) is 0 Å². The smallest absolute Gasteiger partial charge is 0.323 e. The maximum Gasteiger partial charge on any atom is 0.323 e. The van der Waals surface area contributed by atoms with Crippen LogP contribution in [-0.4, -0.2) is 36.8 Å². The van der Waals surface area contributed by atoms with Crippen LogP contribution < -0.4 is 0 Å². The number of benzene rings is 2. The van der Waals surface area contributed by atoms with Crippen molar-refractivity contribution in [3.05, 3.63) is 70.3 Å². The molecule has 0 saturated carbocycles. The molecule has 9 heteroatoms. The summed E-state index contributed by atoms with van der Waals surface area (Å²) >= 11 is 0. The zero-order valence-corrected chi connectivity index (χ0v) is 15.0. The van der Waals surface area contributed by atoms with Gasteiger partial charge in [-0.1, -0.05) is 42.5 Å². The fraction of sp³-hybridized carbons (Fsp3) is 0.235. The van der Waals surface area contributed by atoms with Gasteiger partial charge in [-0.3, -0.25) is 14.9 Å². The Morgan fingerprint density at radius 3 is 2.31 bits per heavy atom. The van der Waals surface area contributed by atoms with Crippen LogP contribution in [0.25, 0.3) is 0 Å². The Kier molecular flexibility index (Phi) is 6.06. The van der Waals surface area contributed by atoms with E-state index in [1.165, 1.54) is 19.1 Å². The molecule has 0 aliphatic carbocycles. The van der Waals surface area contributed by atoms with E-state index in [2.05, 4.69) is 4.74 Å². The molecule has 0 amide bonds. The van der Waals surface area contributed by atoms with Crippen molar-refractivity contribution in [2.24, 2.45) is 0 Å². The topological polar surface area (TPSA) is 107 Å². The average Bonchev–Trinajstić information content (AvgIpc) is 2.65. The van der Waals surface area contributed by atoms with E-state index in [1.54, 1.807) is 30.3 Å². The van der Waals surface area contributed by atoms with E-state index in [-0.39, 0.29) is 6.54 Å². The fourth-order valence-electron chi connectivity index (χ4n) is 2.43. The minimum Gasteiger partial charge on any atom is -0.468 e. The lowest BCUT2D eigenvalue weighted by atomic mass is 10.2. The molecule has 2 aromatic carbocycles. The van der Waals surface area contributed by atoms with Crippen molar-refractivity contribution in [2.45, 2.75) is 24.4 Å². The van der Waals surface area contributed by atoms with Gasteiger partial charge in [0, 0.05) is 12.6 Å². The van der Waals surface area contributed by atoms with Crippen molar-refractivity contribution in [3.8, 4) is 0 Å². The summed E-state index contributed by atoms with van der Waals surface area (Å²) < 4.78 is 31.8. The number of carbonyl (C=O) groups is 1. The first kappa shape index (κ1) is 19.5. The van der Waals surface area contributed by atoms with E-state index in [9.17, 15) is 23.3 Å². The van der Waals surface area contributed by atoms with E-state index in [0.29, 0.717) is 5.56 Å². The number of nitro benzene ring substituents is 1. The summed E-state index contributed by atoms with van der Waals surface area (Å²) in [5.41, 5.74) is 0.0769. The molecule has 0 saturated heterocycles. The van der Waals surface area contributed by atoms with Crippen LogP contribution in [0.1, 0.15) is 12.5 Å². The SMILES string of the molecule is COC(=O)[C@H](C)N(Cc1ccccc1)S(=O)(=O)c1ccccc1[N+](=O)[O-]. The van der Waals surface area contributed by atoms with E-state index < -0.39 is 37.5 Å². The van der Waals surface area contributed by atoms with Crippen LogP contribution in [0.3, 0.4) is 0 Å². The molecular formula is C17H18N2O6S. The van der Waals surface area contributed by atoms with Gasteiger partial charge in [-0.15, -0.1) is 0 Å². The van der Waals surface area contributed by atoms with Crippen molar-refractivity contribution in [3.63, 3.8) is 0 Å². The van der Waals surface area contributed by atoms with E-state index in [4.69, 9.17) is 0 Å². The summed E-state index contributed by atoms with van der Waals surface area (Å²) in [5.74, 6) is -0.761. The molecule has 138 valence electrons. The first-order valence-electron chi connectivity index (χ1n) is 7.66. The number of methoxy groups -OCH3 is 1. The van der Waals surface area contributed by atoms with Crippen LogP contribution in [0, 0.1) is 10.1 Å². The lowest BCUT2D eigenvalue weighted by Gasteiger charge is -2.26. The number of nitro groups is 1. The minimum atomic E-state index is -4.34. The highest BCUT2D eigenvalue weighted by atomic mass is 32.2. The molecule has 0 radical (unpaired) electrons. The molecule has 0 aliphatic heterocycles. The van der Waals surface area contributed by atoms with Gasteiger partial charge in [0.25, 0.3) is 15.7 Å². The molecule has 0 bridgehead atoms. The van der Waals surface area contributed by atoms with Crippen LogP contribution in [-0.2, 0) is 26.1 Å². The molecule has 0 aliphatic rings. The number of rotatable bonds is 7. The second-order valence-electron chi connectivity index (χ2n) is 5.46. The molecule has 0 aromatic heterocycles. The number of sulfonamides is 1. The summed E-state index contributed by atoms with van der Waals surface area (Å²) in [7, 11) is -3.19. The number of esters is 1. The van der Waals surface area contributed by atoms with E-state index in [0.717, 1.165) is 23.5 Å². The first-order valence-corrected chi connectivity index (χ1v) is 9.10. The van der Waals surface area contributed by atoms with Gasteiger partial charge in [-0.25, -0.2) is 8.42 Å². The van der Waals surface area contributed by atoms with E-state index in [1.807, 2.05) is 0 Å². The molecule has 8 nitrogen and oxygen atoms in total. The highest BCUT2D eigenvalue weighted by Crippen LogP contribution is 2.28. The second kappa shape index (κ2) is 8.07. The van der Waals surface area contributed by atoms with Gasteiger partial charge in [0.15, 0.2) is 4.90 Å². The van der Waals surface area contributed by atoms with Gasteiger partial charge >= 0.3 is 5.97 Å². The van der Waals surface area contributed by atoms with Gasteiger partial charge in [0.05, 0.1) is 12.0 Å². The molecule has 0 unspecified atom stereocenters. The lowest BCUT2D eigenvalue weighted by molar-refractivity contribution is -0.387. The van der Waals surface area contributed by atoms with Crippen LogP contribution in [0.2, 0.25) is 0 Å². The Balaban J connectivity index is 2.56. The number of para-hydroxylation sites is 1.